The van der Waals surface area contributed by atoms with Crippen LogP contribution in [0.15, 0.2) is 59.5 Å². The van der Waals surface area contributed by atoms with Gasteiger partial charge in [0.15, 0.2) is 0 Å². The monoisotopic (exact) mass is 362 g/mol. The van der Waals surface area contributed by atoms with E-state index in [2.05, 4.69) is 0 Å². The highest BCUT2D eigenvalue weighted by atomic mass is 32.2. The average Bonchev–Trinajstić information content (AvgIpc) is 3.12. The Morgan fingerprint density at radius 3 is 2.40 bits per heavy atom. The summed E-state index contributed by atoms with van der Waals surface area (Å²) in [7, 11) is -2.21. The molecule has 25 heavy (non-hydrogen) atoms. The zero-order chi connectivity index (χ0) is 18.0. The van der Waals surface area contributed by atoms with E-state index in [0.717, 1.165) is 12.1 Å². The highest BCUT2D eigenvalue weighted by molar-refractivity contribution is 7.89. The molecule has 1 amide bonds. The van der Waals surface area contributed by atoms with E-state index in [1.807, 2.05) is 18.2 Å². The smallest absolute Gasteiger partial charge is 0.245 e. The Hall–Kier alpha value is -2.25. The minimum Gasteiger partial charge on any atom is -0.314 e. The van der Waals surface area contributed by atoms with Crippen LogP contribution < -0.4 is 4.90 Å². The van der Waals surface area contributed by atoms with Gasteiger partial charge in [-0.2, -0.15) is 4.31 Å². The van der Waals surface area contributed by atoms with E-state index in [1.54, 1.807) is 19.2 Å². The Labute approximate surface area is 146 Å². The number of carbonyl (C=O) groups excluding carboxylic acids is 1. The molecule has 0 unspecified atom stereocenters. The zero-order valence-corrected chi connectivity index (χ0v) is 14.6. The molecule has 1 fully saturated rings. The summed E-state index contributed by atoms with van der Waals surface area (Å²) in [5.74, 6) is -0.772. The van der Waals surface area contributed by atoms with Gasteiger partial charge in [0.1, 0.15) is 11.9 Å². The number of anilines is 1. The SMILES string of the molecule is CN(C(=O)[C@@H]1CCCN1S(=O)(=O)c1ccc(F)cc1)c1ccccc1. The number of hydrogen-bond donors (Lipinski definition) is 0. The maximum absolute atomic E-state index is 13.1. The molecule has 0 saturated carbocycles. The molecule has 1 saturated heterocycles. The molecular weight excluding hydrogens is 343 g/mol. The Morgan fingerprint density at radius 2 is 1.76 bits per heavy atom. The third kappa shape index (κ3) is 3.43. The van der Waals surface area contributed by atoms with Crippen molar-refractivity contribution in [3.8, 4) is 0 Å². The lowest BCUT2D eigenvalue weighted by Crippen LogP contribution is -2.46. The highest BCUT2D eigenvalue weighted by Gasteiger charge is 2.40. The quantitative estimate of drug-likeness (QED) is 0.840. The van der Waals surface area contributed by atoms with Crippen LogP contribution in [0, 0.1) is 5.82 Å². The standard InChI is InChI=1S/C18H19FN2O3S/c1-20(15-6-3-2-4-7-15)18(22)17-8-5-13-21(17)25(23,24)16-11-9-14(19)10-12-16/h2-4,6-7,9-12,17H,5,8,13H2,1H3/t17-/m0/s1. The maximum Gasteiger partial charge on any atom is 0.245 e. The number of amides is 1. The number of hydrogen-bond acceptors (Lipinski definition) is 3. The summed E-state index contributed by atoms with van der Waals surface area (Å²) in [6, 6.07) is 13.0. The highest BCUT2D eigenvalue weighted by Crippen LogP contribution is 2.28. The summed E-state index contributed by atoms with van der Waals surface area (Å²) < 4.78 is 40.0. The fourth-order valence-corrected chi connectivity index (χ4v) is 4.67. The van der Waals surface area contributed by atoms with Crippen LogP contribution in [0.1, 0.15) is 12.8 Å². The average molecular weight is 362 g/mol. The molecule has 1 atom stereocenters. The van der Waals surface area contributed by atoms with Crippen molar-refractivity contribution in [1.29, 1.82) is 0 Å². The van der Waals surface area contributed by atoms with Crippen LogP contribution in [-0.2, 0) is 14.8 Å². The van der Waals surface area contributed by atoms with Crippen molar-refractivity contribution < 1.29 is 17.6 Å². The molecule has 2 aromatic rings. The summed E-state index contributed by atoms with van der Waals surface area (Å²) in [5.41, 5.74) is 0.707. The zero-order valence-electron chi connectivity index (χ0n) is 13.8. The molecule has 3 rings (SSSR count). The fraction of sp³-hybridized carbons (Fsp3) is 0.278. The molecule has 0 aromatic heterocycles. The van der Waals surface area contributed by atoms with E-state index < -0.39 is 21.9 Å². The third-order valence-electron chi connectivity index (χ3n) is 4.38. The molecule has 1 heterocycles. The number of rotatable bonds is 4. The Balaban J connectivity index is 1.87. The Morgan fingerprint density at radius 1 is 1.12 bits per heavy atom. The first kappa shape index (κ1) is 17.6. The second-order valence-electron chi connectivity index (χ2n) is 5.96. The van der Waals surface area contributed by atoms with Crippen LogP contribution >= 0.6 is 0 Å². The van der Waals surface area contributed by atoms with Crippen molar-refractivity contribution in [2.24, 2.45) is 0 Å². The molecule has 2 aromatic carbocycles. The molecule has 0 bridgehead atoms. The van der Waals surface area contributed by atoms with Crippen molar-refractivity contribution >= 4 is 21.6 Å². The normalized spacial score (nSPS) is 18.2. The number of likely N-dealkylation sites (N-methyl/N-ethyl adjacent to an activating group) is 1. The topological polar surface area (TPSA) is 57.7 Å². The first-order valence-electron chi connectivity index (χ1n) is 8.01. The van der Waals surface area contributed by atoms with Gasteiger partial charge in [0, 0.05) is 19.3 Å². The predicted molar refractivity (Wildman–Crippen MR) is 93.2 cm³/mol. The number of para-hydroxylation sites is 1. The van der Waals surface area contributed by atoms with Crippen molar-refractivity contribution in [2.45, 2.75) is 23.8 Å². The lowest BCUT2D eigenvalue weighted by molar-refractivity contribution is -0.121. The van der Waals surface area contributed by atoms with Gasteiger partial charge in [-0.15, -0.1) is 0 Å². The molecule has 0 spiro atoms. The maximum atomic E-state index is 13.1. The Kier molecular flexibility index (Phi) is 4.87. The molecular formula is C18H19FN2O3S. The molecule has 5 nitrogen and oxygen atoms in total. The van der Waals surface area contributed by atoms with Crippen LogP contribution in [-0.4, -0.2) is 38.3 Å². The van der Waals surface area contributed by atoms with E-state index in [1.165, 1.54) is 21.3 Å². The number of halogens is 1. The van der Waals surface area contributed by atoms with E-state index in [9.17, 15) is 17.6 Å². The van der Waals surface area contributed by atoms with E-state index in [-0.39, 0.29) is 17.3 Å². The van der Waals surface area contributed by atoms with Gasteiger partial charge in [0.25, 0.3) is 0 Å². The van der Waals surface area contributed by atoms with Crippen LogP contribution in [0.25, 0.3) is 0 Å². The van der Waals surface area contributed by atoms with Crippen molar-refractivity contribution in [2.75, 3.05) is 18.5 Å². The van der Waals surface area contributed by atoms with Gasteiger partial charge in [-0.05, 0) is 49.2 Å². The van der Waals surface area contributed by atoms with Gasteiger partial charge in [0.05, 0.1) is 4.90 Å². The third-order valence-corrected chi connectivity index (χ3v) is 6.31. The number of carbonyl (C=O) groups is 1. The number of nitrogens with zero attached hydrogens (tertiary/aromatic N) is 2. The molecule has 0 radical (unpaired) electrons. The van der Waals surface area contributed by atoms with Gasteiger partial charge in [-0.3, -0.25) is 4.79 Å². The lowest BCUT2D eigenvalue weighted by Gasteiger charge is -2.27. The number of benzene rings is 2. The molecule has 1 aliphatic heterocycles. The molecule has 132 valence electrons. The first-order chi connectivity index (χ1) is 11.9. The molecule has 0 N–H and O–H groups in total. The minimum atomic E-state index is -3.85. The molecule has 1 aliphatic rings. The van der Waals surface area contributed by atoms with Gasteiger partial charge in [-0.25, -0.2) is 12.8 Å². The Bertz CT molecular complexity index is 854. The largest absolute Gasteiger partial charge is 0.314 e. The van der Waals surface area contributed by atoms with E-state index in [0.29, 0.717) is 18.5 Å². The lowest BCUT2D eigenvalue weighted by atomic mass is 10.2. The molecule has 7 heteroatoms. The summed E-state index contributed by atoms with van der Waals surface area (Å²) >= 11 is 0. The first-order valence-corrected chi connectivity index (χ1v) is 9.45. The number of sulfonamides is 1. The van der Waals surface area contributed by atoms with Crippen molar-refractivity contribution in [3.63, 3.8) is 0 Å². The fourth-order valence-electron chi connectivity index (χ4n) is 3.02. The minimum absolute atomic E-state index is 0.00374. The van der Waals surface area contributed by atoms with Gasteiger partial charge in [0.2, 0.25) is 15.9 Å². The predicted octanol–water partition coefficient (Wildman–Crippen LogP) is 2.64. The van der Waals surface area contributed by atoms with Crippen LogP contribution in [0.3, 0.4) is 0 Å². The van der Waals surface area contributed by atoms with Gasteiger partial charge < -0.3 is 4.90 Å². The summed E-state index contributed by atoms with van der Waals surface area (Å²) in [5, 5.41) is 0. The van der Waals surface area contributed by atoms with Crippen LogP contribution in [0.5, 0.6) is 0 Å². The van der Waals surface area contributed by atoms with Crippen molar-refractivity contribution in [3.05, 3.63) is 60.4 Å². The van der Waals surface area contributed by atoms with Gasteiger partial charge in [-0.1, -0.05) is 18.2 Å². The van der Waals surface area contributed by atoms with E-state index in [4.69, 9.17) is 0 Å². The van der Waals surface area contributed by atoms with Crippen LogP contribution in [0.4, 0.5) is 10.1 Å². The summed E-state index contributed by atoms with van der Waals surface area (Å²) in [6.07, 6.45) is 1.08. The second-order valence-corrected chi connectivity index (χ2v) is 7.85. The summed E-state index contributed by atoms with van der Waals surface area (Å²) in [6.45, 7) is 0.277. The second kappa shape index (κ2) is 6.93. The van der Waals surface area contributed by atoms with E-state index >= 15 is 0 Å². The van der Waals surface area contributed by atoms with Crippen molar-refractivity contribution in [1.82, 2.24) is 4.31 Å². The molecule has 0 aliphatic carbocycles. The van der Waals surface area contributed by atoms with Gasteiger partial charge >= 0.3 is 0 Å². The van der Waals surface area contributed by atoms with Crippen LogP contribution in [0.2, 0.25) is 0 Å². The summed E-state index contributed by atoms with van der Waals surface area (Å²) in [4.78, 5) is 14.3.